The number of hydrogen-bond donors (Lipinski definition) is 3. The highest BCUT2D eigenvalue weighted by molar-refractivity contribution is 7.87. The van der Waals surface area contributed by atoms with Crippen molar-refractivity contribution < 1.29 is 13.2 Å². The Hall–Kier alpha value is -0.700. The number of morpholine rings is 1. The first-order chi connectivity index (χ1) is 6.47. The van der Waals surface area contributed by atoms with Gasteiger partial charge in [-0.3, -0.25) is 5.41 Å². The predicted molar refractivity (Wildman–Crippen MR) is 51.2 cm³/mol. The summed E-state index contributed by atoms with van der Waals surface area (Å²) in [6, 6.07) is 0. The van der Waals surface area contributed by atoms with Gasteiger partial charge in [0.05, 0.1) is 6.61 Å². The molecule has 14 heavy (non-hydrogen) atoms. The summed E-state index contributed by atoms with van der Waals surface area (Å²) in [5.41, 5.74) is 5.23. The third-order valence-corrected chi connectivity index (χ3v) is 3.50. The molecule has 1 aliphatic rings. The first-order valence-corrected chi connectivity index (χ1v) is 5.55. The van der Waals surface area contributed by atoms with E-state index < -0.39 is 16.3 Å². The quantitative estimate of drug-likeness (QED) is 0.382. The fourth-order valence-corrected chi connectivity index (χ4v) is 2.07. The molecule has 4 N–H and O–H groups in total. The number of nitrogens with two attached hydrogens (primary N) is 1. The van der Waals surface area contributed by atoms with Gasteiger partial charge in [-0.1, -0.05) is 0 Å². The molecule has 0 bridgehead atoms. The van der Waals surface area contributed by atoms with Crippen molar-refractivity contribution in [3.05, 3.63) is 0 Å². The zero-order chi connectivity index (χ0) is 10.8. The Bertz CT molecular complexity index is 315. The van der Waals surface area contributed by atoms with Gasteiger partial charge >= 0.3 is 0 Å². The standard InChI is InChI=1S/C6H14N4O3S/c1-9-14(11,12)10-2-3-13-5(4-10)6(7)8/h5,9H,2-4H2,1H3,(H3,7,8). The molecule has 1 unspecified atom stereocenters. The largest absolute Gasteiger partial charge is 0.385 e. The van der Waals surface area contributed by atoms with Crippen LogP contribution in [0.3, 0.4) is 0 Å². The highest BCUT2D eigenvalue weighted by Crippen LogP contribution is 2.08. The molecule has 1 rings (SSSR count). The van der Waals surface area contributed by atoms with Gasteiger partial charge in [0.2, 0.25) is 0 Å². The molecule has 0 radical (unpaired) electrons. The molecule has 0 aromatic rings. The first kappa shape index (κ1) is 11.4. The van der Waals surface area contributed by atoms with Gasteiger partial charge in [0.1, 0.15) is 11.9 Å². The van der Waals surface area contributed by atoms with Crippen molar-refractivity contribution in [2.24, 2.45) is 5.73 Å². The van der Waals surface area contributed by atoms with Gasteiger partial charge in [-0.25, -0.2) is 4.72 Å². The summed E-state index contributed by atoms with van der Waals surface area (Å²) in [6.07, 6.45) is -0.633. The van der Waals surface area contributed by atoms with E-state index in [1.807, 2.05) is 0 Å². The van der Waals surface area contributed by atoms with Crippen molar-refractivity contribution in [3.63, 3.8) is 0 Å². The van der Waals surface area contributed by atoms with Crippen LogP contribution < -0.4 is 10.5 Å². The van der Waals surface area contributed by atoms with Crippen LogP contribution in [0.4, 0.5) is 0 Å². The molecule has 0 amide bonds. The fraction of sp³-hybridized carbons (Fsp3) is 0.833. The molecule has 1 saturated heterocycles. The van der Waals surface area contributed by atoms with E-state index in [9.17, 15) is 8.42 Å². The molecular formula is C6H14N4O3S. The monoisotopic (exact) mass is 222 g/mol. The summed E-state index contributed by atoms with van der Waals surface area (Å²) < 4.78 is 31.3. The maximum Gasteiger partial charge on any atom is 0.279 e. The number of amidine groups is 1. The predicted octanol–water partition coefficient (Wildman–Crippen LogP) is -1.91. The Balaban J connectivity index is 2.70. The number of rotatable bonds is 3. The van der Waals surface area contributed by atoms with Gasteiger partial charge in [0.25, 0.3) is 10.2 Å². The maximum atomic E-state index is 11.4. The Morgan fingerprint density at radius 1 is 1.71 bits per heavy atom. The van der Waals surface area contributed by atoms with Crippen LogP contribution in [0.2, 0.25) is 0 Å². The van der Waals surface area contributed by atoms with Crippen molar-refractivity contribution in [1.29, 1.82) is 5.41 Å². The second-order valence-corrected chi connectivity index (χ2v) is 4.76. The molecule has 1 atom stereocenters. The highest BCUT2D eigenvalue weighted by Gasteiger charge is 2.29. The van der Waals surface area contributed by atoms with E-state index in [1.165, 1.54) is 11.4 Å². The zero-order valence-electron chi connectivity index (χ0n) is 7.86. The van der Waals surface area contributed by atoms with Crippen molar-refractivity contribution in [2.45, 2.75) is 6.10 Å². The first-order valence-electron chi connectivity index (χ1n) is 4.11. The Kier molecular flexibility index (Phi) is 3.43. The van der Waals surface area contributed by atoms with Crippen LogP contribution in [0.5, 0.6) is 0 Å². The van der Waals surface area contributed by atoms with E-state index >= 15 is 0 Å². The van der Waals surface area contributed by atoms with E-state index in [-0.39, 0.29) is 25.5 Å². The van der Waals surface area contributed by atoms with Crippen molar-refractivity contribution in [3.8, 4) is 0 Å². The lowest BCUT2D eigenvalue weighted by molar-refractivity contribution is 0.0365. The summed E-state index contributed by atoms with van der Waals surface area (Å²) in [4.78, 5) is 0. The Morgan fingerprint density at radius 3 is 2.86 bits per heavy atom. The lowest BCUT2D eigenvalue weighted by Crippen LogP contribution is -2.52. The van der Waals surface area contributed by atoms with Crippen molar-refractivity contribution >= 4 is 16.0 Å². The van der Waals surface area contributed by atoms with E-state index in [4.69, 9.17) is 15.9 Å². The third kappa shape index (κ3) is 2.41. The minimum absolute atomic E-state index is 0.0957. The van der Waals surface area contributed by atoms with E-state index in [0.29, 0.717) is 0 Å². The van der Waals surface area contributed by atoms with Crippen LogP contribution >= 0.6 is 0 Å². The molecule has 1 aliphatic heterocycles. The lowest BCUT2D eigenvalue weighted by Gasteiger charge is -2.30. The SMILES string of the molecule is CNS(=O)(=O)N1CCOC(C(=N)N)C1. The molecule has 1 fully saturated rings. The number of ether oxygens (including phenoxy) is 1. The van der Waals surface area contributed by atoms with Crippen LogP contribution in [0.1, 0.15) is 0 Å². The second-order valence-electron chi connectivity index (χ2n) is 2.88. The summed E-state index contributed by atoms with van der Waals surface area (Å²) in [5.74, 6) is -0.152. The molecule has 0 spiro atoms. The van der Waals surface area contributed by atoms with Gasteiger partial charge in [-0.05, 0) is 0 Å². The summed E-state index contributed by atoms with van der Waals surface area (Å²) in [7, 11) is -2.10. The van der Waals surface area contributed by atoms with Crippen molar-refractivity contribution in [2.75, 3.05) is 26.7 Å². The summed E-state index contributed by atoms with van der Waals surface area (Å²) in [6.45, 7) is 0.636. The van der Waals surface area contributed by atoms with Gasteiger partial charge < -0.3 is 10.5 Å². The lowest BCUT2D eigenvalue weighted by atomic mass is 10.3. The van der Waals surface area contributed by atoms with Crippen LogP contribution in [0.25, 0.3) is 0 Å². The Labute approximate surface area is 82.9 Å². The van der Waals surface area contributed by atoms with E-state index in [2.05, 4.69) is 4.72 Å². The molecule has 0 saturated carbocycles. The van der Waals surface area contributed by atoms with Gasteiger partial charge in [-0.15, -0.1) is 0 Å². The molecule has 0 aromatic carbocycles. The number of hydrogen-bond acceptors (Lipinski definition) is 4. The van der Waals surface area contributed by atoms with Crippen LogP contribution in [-0.2, 0) is 14.9 Å². The van der Waals surface area contributed by atoms with Crippen LogP contribution in [-0.4, -0.2) is 51.4 Å². The van der Waals surface area contributed by atoms with Gasteiger partial charge in [0.15, 0.2) is 0 Å². The molecule has 0 aliphatic carbocycles. The fourth-order valence-electron chi connectivity index (χ4n) is 1.16. The summed E-state index contributed by atoms with van der Waals surface area (Å²) >= 11 is 0. The minimum atomic E-state index is -3.44. The number of nitrogens with zero attached hydrogens (tertiary/aromatic N) is 1. The van der Waals surface area contributed by atoms with Crippen LogP contribution in [0.15, 0.2) is 0 Å². The average molecular weight is 222 g/mol. The van der Waals surface area contributed by atoms with Gasteiger partial charge in [-0.2, -0.15) is 12.7 Å². The topological polar surface area (TPSA) is 109 Å². The van der Waals surface area contributed by atoms with Gasteiger partial charge in [0, 0.05) is 20.1 Å². The average Bonchev–Trinajstić information content (AvgIpc) is 2.18. The molecule has 82 valence electrons. The van der Waals surface area contributed by atoms with E-state index in [1.54, 1.807) is 0 Å². The molecule has 8 heteroatoms. The maximum absolute atomic E-state index is 11.4. The Morgan fingerprint density at radius 2 is 2.36 bits per heavy atom. The molecule has 0 aromatic heterocycles. The normalized spacial score (nSPS) is 24.8. The zero-order valence-corrected chi connectivity index (χ0v) is 8.67. The van der Waals surface area contributed by atoms with Crippen molar-refractivity contribution in [1.82, 2.24) is 9.03 Å². The summed E-state index contributed by atoms with van der Waals surface area (Å²) in [5, 5.41) is 7.15. The molecule has 7 nitrogen and oxygen atoms in total. The van der Waals surface area contributed by atoms with Crippen LogP contribution in [0, 0.1) is 5.41 Å². The molecule has 1 heterocycles. The second kappa shape index (κ2) is 4.22. The minimum Gasteiger partial charge on any atom is -0.385 e. The smallest absolute Gasteiger partial charge is 0.279 e. The highest BCUT2D eigenvalue weighted by atomic mass is 32.2. The van der Waals surface area contributed by atoms with E-state index in [0.717, 1.165) is 0 Å². The number of nitrogens with one attached hydrogen (secondary N) is 2. The third-order valence-electron chi connectivity index (χ3n) is 1.97. The molecular weight excluding hydrogens is 208 g/mol.